The summed E-state index contributed by atoms with van der Waals surface area (Å²) in [6.07, 6.45) is 0.613. The first-order valence-corrected chi connectivity index (χ1v) is 6.84. The number of carbonyl (C=O) groups is 2. The second kappa shape index (κ2) is 7.73. The normalized spacial score (nSPS) is 9.88. The standard InChI is InChI=1S/C16H14N2O6/c1-23-12-6-7-13(14(8-12)18(21)22)17-16(20)10-24-15-5-3-2-4-11(15)9-19/h2-9H,10H2,1H3,(H,17,20). The zero-order valence-electron chi connectivity index (χ0n) is 12.7. The summed E-state index contributed by atoms with van der Waals surface area (Å²) in [5.41, 5.74) is 0.0368. The van der Waals surface area contributed by atoms with Gasteiger partial charge in [-0.2, -0.15) is 0 Å². The molecule has 0 aromatic heterocycles. The number of nitrogens with one attached hydrogen (secondary N) is 1. The number of hydrogen-bond acceptors (Lipinski definition) is 6. The summed E-state index contributed by atoms with van der Waals surface area (Å²) in [5, 5.41) is 13.5. The van der Waals surface area contributed by atoms with Crippen LogP contribution in [0.4, 0.5) is 11.4 Å². The van der Waals surface area contributed by atoms with E-state index < -0.39 is 17.4 Å². The molecule has 124 valence electrons. The number of anilines is 1. The second-order valence-corrected chi connectivity index (χ2v) is 4.63. The van der Waals surface area contributed by atoms with Gasteiger partial charge in [-0.15, -0.1) is 0 Å². The van der Waals surface area contributed by atoms with Crippen molar-refractivity contribution in [2.75, 3.05) is 19.0 Å². The fraction of sp³-hybridized carbons (Fsp3) is 0.125. The molecular formula is C16H14N2O6. The van der Waals surface area contributed by atoms with E-state index in [9.17, 15) is 19.7 Å². The van der Waals surface area contributed by atoms with Crippen LogP contribution in [-0.2, 0) is 4.79 Å². The van der Waals surface area contributed by atoms with Crippen LogP contribution in [0.2, 0.25) is 0 Å². The molecule has 8 heteroatoms. The van der Waals surface area contributed by atoms with Crippen LogP contribution in [-0.4, -0.2) is 30.8 Å². The number of methoxy groups -OCH3 is 1. The highest BCUT2D eigenvalue weighted by Crippen LogP contribution is 2.28. The Balaban J connectivity index is 2.07. The molecule has 0 aliphatic carbocycles. The molecule has 0 radical (unpaired) electrons. The van der Waals surface area contributed by atoms with Gasteiger partial charge in [-0.25, -0.2) is 0 Å². The molecule has 2 rings (SSSR count). The molecule has 0 bridgehead atoms. The summed E-state index contributed by atoms with van der Waals surface area (Å²) in [4.78, 5) is 33.3. The second-order valence-electron chi connectivity index (χ2n) is 4.63. The van der Waals surface area contributed by atoms with Crippen LogP contribution in [0.15, 0.2) is 42.5 Å². The van der Waals surface area contributed by atoms with Crippen molar-refractivity contribution in [1.82, 2.24) is 0 Å². The van der Waals surface area contributed by atoms with Crippen molar-refractivity contribution >= 4 is 23.6 Å². The molecule has 1 N–H and O–H groups in total. The molecule has 0 heterocycles. The third-order valence-corrected chi connectivity index (χ3v) is 3.08. The molecule has 0 unspecified atom stereocenters. The van der Waals surface area contributed by atoms with E-state index in [1.165, 1.54) is 25.3 Å². The number of carbonyl (C=O) groups excluding carboxylic acids is 2. The summed E-state index contributed by atoms with van der Waals surface area (Å²) in [6, 6.07) is 10.5. The Morgan fingerprint density at radius 3 is 2.71 bits per heavy atom. The monoisotopic (exact) mass is 330 g/mol. The Morgan fingerprint density at radius 2 is 2.04 bits per heavy atom. The van der Waals surface area contributed by atoms with Gasteiger partial charge in [0, 0.05) is 0 Å². The number of benzene rings is 2. The third kappa shape index (κ3) is 4.07. The molecular weight excluding hydrogens is 316 g/mol. The summed E-state index contributed by atoms with van der Waals surface area (Å²) < 4.78 is 10.2. The number of hydrogen-bond donors (Lipinski definition) is 1. The lowest BCUT2D eigenvalue weighted by atomic mass is 10.2. The Labute approximate surface area is 137 Å². The quantitative estimate of drug-likeness (QED) is 0.474. The number of nitrogens with zero attached hydrogens (tertiary/aromatic N) is 1. The molecule has 0 atom stereocenters. The van der Waals surface area contributed by atoms with Crippen molar-refractivity contribution < 1.29 is 24.0 Å². The summed E-state index contributed by atoms with van der Waals surface area (Å²) >= 11 is 0. The number of amides is 1. The number of ether oxygens (including phenoxy) is 2. The number of nitro benzene ring substituents is 1. The van der Waals surface area contributed by atoms with E-state index in [-0.39, 0.29) is 17.1 Å². The first-order chi connectivity index (χ1) is 11.5. The lowest BCUT2D eigenvalue weighted by Crippen LogP contribution is -2.21. The van der Waals surface area contributed by atoms with Crippen LogP contribution in [0, 0.1) is 10.1 Å². The predicted octanol–water partition coefficient (Wildman–Crippen LogP) is 2.43. The molecule has 1 amide bonds. The van der Waals surface area contributed by atoms with Gasteiger partial charge < -0.3 is 14.8 Å². The highest BCUT2D eigenvalue weighted by Gasteiger charge is 2.17. The van der Waals surface area contributed by atoms with Crippen LogP contribution in [0.1, 0.15) is 10.4 Å². The van der Waals surface area contributed by atoms with E-state index in [1.807, 2.05) is 0 Å². The maximum Gasteiger partial charge on any atom is 0.296 e. The van der Waals surface area contributed by atoms with E-state index >= 15 is 0 Å². The lowest BCUT2D eigenvalue weighted by Gasteiger charge is -2.10. The molecule has 0 fully saturated rings. The minimum Gasteiger partial charge on any atom is -0.496 e. The van der Waals surface area contributed by atoms with Gasteiger partial charge in [0.1, 0.15) is 17.2 Å². The molecule has 0 aliphatic rings. The van der Waals surface area contributed by atoms with Crippen LogP contribution in [0.5, 0.6) is 11.5 Å². The minimum atomic E-state index is -0.624. The van der Waals surface area contributed by atoms with Crippen molar-refractivity contribution in [3.8, 4) is 11.5 Å². The number of aldehydes is 1. The molecule has 0 spiro atoms. The van der Waals surface area contributed by atoms with Crippen molar-refractivity contribution in [2.24, 2.45) is 0 Å². The van der Waals surface area contributed by atoms with Gasteiger partial charge in [-0.05, 0) is 24.3 Å². The van der Waals surface area contributed by atoms with Gasteiger partial charge >= 0.3 is 0 Å². The van der Waals surface area contributed by atoms with Crippen LogP contribution in [0.3, 0.4) is 0 Å². The molecule has 0 saturated heterocycles. The van der Waals surface area contributed by atoms with Crippen LogP contribution < -0.4 is 14.8 Å². The summed E-state index contributed by atoms with van der Waals surface area (Å²) in [7, 11) is 1.38. The van der Waals surface area contributed by atoms with Crippen molar-refractivity contribution in [3.63, 3.8) is 0 Å². The predicted molar refractivity (Wildman–Crippen MR) is 85.6 cm³/mol. The first kappa shape index (κ1) is 16.9. The summed E-state index contributed by atoms with van der Waals surface area (Å²) in [6.45, 7) is -0.395. The van der Waals surface area contributed by atoms with E-state index in [1.54, 1.807) is 24.3 Å². The Kier molecular flexibility index (Phi) is 5.45. The Bertz CT molecular complexity index is 775. The summed E-state index contributed by atoms with van der Waals surface area (Å²) in [5.74, 6) is -0.0355. The average molecular weight is 330 g/mol. The van der Waals surface area contributed by atoms with E-state index in [0.717, 1.165) is 0 Å². The van der Waals surface area contributed by atoms with Crippen LogP contribution >= 0.6 is 0 Å². The third-order valence-electron chi connectivity index (χ3n) is 3.08. The first-order valence-electron chi connectivity index (χ1n) is 6.84. The Hall–Kier alpha value is -3.42. The smallest absolute Gasteiger partial charge is 0.296 e. The highest BCUT2D eigenvalue weighted by atomic mass is 16.6. The van der Waals surface area contributed by atoms with E-state index in [0.29, 0.717) is 17.6 Å². The zero-order chi connectivity index (χ0) is 17.5. The number of para-hydroxylation sites is 1. The SMILES string of the molecule is COc1ccc(NC(=O)COc2ccccc2C=O)c([N+](=O)[O-])c1. The average Bonchev–Trinajstić information content (AvgIpc) is 2.60. The van der Waals surface area contributed by atoms with E-state index in [2.05, 4.69) is 5.32 Å². The maximum atomic E-state index is 11.9. The van der Waals surface area contributed by atoms with Gasteiger partial charge in [0.05, 0.1) is 23.7 Å². The molecule has 24 heavy (non-hydrogen) atoms. The molecule has 2 aromatic rings. The molecule has 2 aromatic carbocycles. The van der Waals surface area contributed by atoms with Gasteiger partial charge in [0.2, 0.25) is 0 Å². The van der Waals surface area contributed by atoms with Gasteiger partial charge in [0.25, 0.3) is 11.6 Å². The van der Waals surface area contributed by atoms with Gasteiger partial charge in [-0.3, -0.25) is 19.7 Å². The van der Waals surface area contributed by atoms with Crippen molar-refractivity contribution in [3.05, 3.63) is 58.1 Å². The van der Waals surface area contributed by atoms with E-state index in [4.69, 9.17) is 9.47 Å². The molecule has 0 aliphatic heterocycles. The largest absolute Gasteiger partial charge is 0.496 e. The zero-order valence-corrected chi connectivity index (χ0v) is 12.7. The maximum absolute atomic E-state index is 11.9. The van der Waals surface area contributed by atoms with Crippen molar-refractivity contribution in [1.29, 1.82) is 0 Å². The highest BCUT2D eigenvalue weighted by molar-refractivity contribution is 5.94. The minimum absolute atomic E-state index is 0.0260. The fourth-order valence-corrected chi connectivity index (χ4v) is 1.93. The topological polar surface area (TPSA) is 108 Å². The molecule has 0 saturated carbocycles. The number of nitro groups is 1. The van der Waals surface area contributed by atoms with Crippen molar-refractivity contribution in [2.45, 2.75) is 0 Å². The number of rotatable bonds is 7. The lowest BCUT2D eigenvalue weighted by molar-refractivity contribution is -0.384. The van der Waals surface area contributed by atoms with Crippen LogP contribution in [0.25, 0.3) is 0 Å². The Morgan fingerprint density at radius 1 is 1.29 bits per heavy atom. The van der Waals surface area contributed by atoms with Gasteiger partial charge in [0.15, 0.2) is 12.9 Å². The van der Waals surface area contributed by atoms with Gasteiger partial charge in [-0.1, -0.05) is 12.1 Å². The fourth-order valence-electron chi connectivity index (χ4n) is 1.93. The molecule has 8 nitrogen and oxygen atoms in total.